The summed E-state index contributed by atoms with van der Waals surface area (Å²) in [6.07, 6.45) is 4.72. The van der Waals surface area contributed by atoms with Gasteiger partial charge < -0.3 is 9.75 Å². The van der Waals surface area contributed by atoms with Crippen molar-refractivity contribution < 1.29 is 4.74 Å². The first-order valence-corrected chi connectivity index (χ1v) is 5.64. The van der Waals surface area contributed by atoms with E-state index in [2.05, 4.69) is 35.8 Å². The third-order valence-corrected chi connectivity index (χ3v) is 3.11. The first-order valence-electron chi connectivity index (χ1n) is 5.64. The van der Waals surface area contributed by atoms with Gasteiger partial charge in [-0.05, 0) is 38.3 Å². The zero-order valence-electron chi connectivity index (χ0n) is 9.86. The smallest absolute Gasteiger partial charge is 0.0688 e. The largest absolute Gasteiger partial charge is 0.382 e. The van der Waals surface area contributed by atoms with Gasteiger partial charge in [0.2, 0.25) is 0 Å². The van der Waals surface area contributed by atoms with Gasteiger partial charge in [-0.3, -0.25) is 4.68 Å². The van der Waals surface area contributed by atoms with E-state index in [1.54, 1.807) is 7.11 Å². The molecule has 0 saturated carbocycles. The van der Waals surface area contributed by atoms with Crippen LogP contribution in [0.15, 0.2) is 12.3 Å². The zero-order valence-corrected chi connectivity index (χ0v) is 9.86. The number of nitrogens with zero attached hydrogens (tertiary/aromatic N) is 2. The highest BCUT2D eigenvalue weighted by molar-refractivity contribution is 5.19. The SMILES string of the molecule is COC[C@@H]1CCCN1n1cc(C)cc1C. The van der Waals surface area contributed by atoms with Crippen LogP contribution in [0.3, 0.4) is 0 Å². The second-order valence-electron chi connectivity index (χ2n) is 4.42. The highest BCUT2D eigenvalue weighted by Crippen LogP contribution is 2.18. The fourth-order valence-electron chi connectivity index (χ4n) is 2.47. The molecular weight excluding hydrogens is 188 g/mol. The van der Waals surface area contributed by atoms with Crippen LogP contribution < -0.4 is 5.01 Å². The van der Waals surface area contributed by atoms with Gasteiger partial charge in [0.15, 0.2) is 0 Å². The van der Waals surface area contributed by atoms with Gasteiger partial charge in [0, 0.05) is 25.5 Å². The molecule has 0 amide bonds. The molecule has 84 valence electrons. The van der Waals surface area contributed by atoms with E-state index in [1.165, 1.54) is 24.1 Å². The molecule has 0 bridgehead atoms. The van der Waals surface area contributed by atoms with Crippen molar-refractivity contribution in [2.75, 3.05) is 25.3 Å². The van der Waals surface area contributed by atoms with E-state index >= 15 is 0 Å². The molecule has 1 fully saturated rings. The van der Waals surface area contributed by atoms with Crippen molar-refractivity contribution in [1.82, 2.24) is 4.68 Å². The van der Waals surface area contributed by atoms with Gasteiger partial charge in [0.1, 0.15) is 0 Å². The van der Waals surface area contributed by atoms with E-state index in [0.717, 1.165) is 13.2 Å². The normalized spacial score (nSPS) is 21.3. The molecule has 0 unspecified atom stereocenters. The average molecular weight is 208 g/mol. The summed E-state index contributed by atoms with van der Waals surface area (Å²) < 4.78 is 7.55. The summed E-state index contributed by atoms with van der Waals surface area (Å²) in [4.78, 5) is 0. The van der Waals surface area contributed by atoms with Crippen LogP contribution in [-0.4, -0.2) is 31.0 Å². The van der Waals surface area contributed by atoms with Crippen LogP contribution in [0.5, 0.6) is 0 Å². The van der Waals surface area contributed by atoms with E-state index in [1.807, 2.05) is 0 Å². The molecule has 1 aliphatic rings. The minimum Gasteiger partial charge on any atom is -0.382 e. The van der Waals surface area contributed by atoms with Crippen LogP contribution in [0.1, 0.15) is 24.1 Å². The monoisotopic (exact) mass is 208 g/mol. The Hall–Kier alpha value is -0.960. The molecule has 1 atom stereocenters. The molecule has 0 aromatic carbocycles. The van der Waals surface area contributed by atoms with E-state index < -0.39 is 0 Å². The first-order chi connectivity index (χ1) is 7.22. The Kier molecular flexibility index (Phi) is 3.00. The van der Waals surface area contributed by atoms with Gasteiger partial charge >= 0.3 is 0 Å². The summed E-state index contributed by atoms with van der Waals surface area (Å²) >= 11 is 0. The predicted octanol–water partition coefficient (Wildman–Crippen LogP) is 1.85. The predicted molar refractivity (Wildman–Crippen MR) is 61.9 cm³/mol. The van der Waals surface area contributed by atoms with Crippen molar-refractivity contribution >= 4 is 0 Å². The lowest BCUT2D eigenvalue weighted by Crippen LogP contribution is -2.41. The summed E-state index contributed by atoms with van der Waals surface area (Å²) in [5, 5.41) is 2.42. The summed E-state index contributed by atoms with van der Waals surface area (Å²) in [5.41, 5.74) is 2.64. The second kappa shape index (κ2) is 4.27. The Labute approximate surface area is 91.6 Å². The molecule has 1 aromatic heterocycles. The highest BCUT2D eigenvalue weighted by atomic mass is 16.5. The van der Waals surface area contributed by atoms with Crippen molar-refractivity contribution in [2.45, 2.75) is 32.7 Å². The van der Waals surface area contributed by atoms with Gasteiger partial charge in [0.25, 0.3) is 0 Å². The molecule has 3 nitrogen and oxygen atoms in total. The molecule has 15 heavy (non-hydrogen) atoms. The van der Waals surface area contributed by atoms with Crippen molar-refractivity contribution in [3.63, 3.8) is 0 Å². The number of aromatic nitrogens is 1. The van der Waals surface area contributed by atoms with Crippen molar-refractivity contribution in [2.24, 2.45) is 0 Å². The summed E-state index contributed by atoms with van der Waals surface area (Å²) in [6, 6.07) is 2.77. The van der Waals surface area contributed by atoms with Gasteiger partial charge in [-0.15, -0.1) is 0 Å². The van der Waals surface area contributed by atoms with E-state index in [9.17, 15) is 0 Å². The Balaban J connectivity index is 2.18. The Morgan fingerprint density at radius 1 is 1.47 bits per heavy atom. The van der Waals surface area contributed by atoms with Crippen LogP contribution in [0.4, 0.5) is 0 Å². The molecule has 0 N–H and O–H groups in total. The molecule has 1 saturated heterocycles. The van der Waals surface area contributed by atoms with Crippen LogP contribution in [0.25, 0.3) is 0 Å². The topological polar surface area (TPSA) is 17.4 Å². The van der Waals surface area contributed by atoms with Gasteiger partial charge in [-0.2, -0.15) is 0 Å². The van der Waals surface area contributed by atoms with E-state index in [-0.39, 0.29) is 0 Å². The summed E-state index contributed by atoms with van der Waals surface area (Å²) in [7, 11) is 1.78. The number of hydrogen-bond donors (Lipinski definition) is 0. The maximum Gasteiger partial charge on any atom is 0.0688 e. The highest BCUT2D eigenvalue weighted by Gasteiger charge is 2.25. The Bertz CT molecular complexity index is 332. The van der Waals surface area contributed by atoms with Crippen molar-refractivity contribution in [3.05, 3.63) is 23.5 Å². The number of aryl methyl sites for hydroxylation is 2. The third kappa shape index (κ3) is 2.02. The van der Waals surface area contributed by atoms with Crippen molar-refractivity contribution in [3.8, 4) is 0 Å². The van der Waals surface area contributed by atoms with Crippen LogP contribution in [-0.2, 0) is 4.74 Å². The number of hydrogen-bond acceptors (Lipinski definition) is 2. The molecule has 1 aromatic rings. The minimum absolute atomic E-state index is 0.542. The lowest BCUT2D eigenvalue weighted by molar-refractivity contribution is 0.174. The van der Waals surface area contributed by atoms with Gasteiger partial charge in [-0.1, -0.05) is 0 Å². The molecule has 0 spiro atoms. The maximum absolute atomic E-state index is 5.27. The van der Waals surface area contributed by atoms with Crippen molar-refractivity contribution in [1.29, 1.82) is 0 Å². The summed E-state index contributed by atoms with van der Waals surface area (Å²) in [5.74, 6) is 0. The Morgan fingerprint density at radius 2 is 2.27 bits per heavy atom. The van der Waals surface area contributed by atoms with Gasteiger partial charge in [-0.25, -0.2) is 0 Å². The number of rotatable bonds is 3. The summed E-state index contributed by atoms with van der Waals surface area (Å²) in [6.45, 7) is 6.28. The van der Waals surface area contributed by atoms with E-state index in [4.69, 9.17) is 4.74 Å². The van der Waals surface area contributed by atoms with Gasteiger partial charge in [0.05, 0.1) is 12.6 Å². The number of ether oxygens (including phenoxy) is 1. The standard InChI is InChI=1S/C12H20N2O/c1-10-7-11(2)14(8-10)13-6-4-5-12(13)9-15-3/h7-8,12H,4-6,9H2,1-3H3/t12-/m0/s1. The molecule has 0 radical (unpaired) electrons. The minimum atomic E-state index is 0.542. The lowest BCUT2D eigenvalue weighted by atomic mass is 10.2. The molecule has 2 rings (SSSR count). The molecular formula is C12H20N2O. The molecule has 3 heteroatoms. The zero-order chi connectivity index (χ0) is 10.8. The molecule has 0 aliphatic carbocycles. The second-order valence-corrected chi connectivity index (χ2v) is 4.42. The van der Waals surface area contributed by atoms with Crippen LogP contribution in [0, 0.1) is 13.8 Å². The molecule has 1 aliphatic heterocycles. The fraction of sp³-hybridized carbons (Fsp3) is 0.667. The fourth-order valence-corrected chi connectivity index (χ4v) is 2.47. The quantitative estimate of drug-likeness (QED) is 0.754. The van der Waals surface area contributed by atoms with Crippen LogP contribution >= 0.6 is 0 Å². The molecule has 2 heterocycles. The number of methoxy groups -OCH3 is 1. The lowest BCUT2D eigenvalue weighted by Gasteiger charge is -2.28. The van der Waals surface area contributed by atoms with Crippen LogP contribution in [0.2, 0.25) is 0 Å². The maximum atomic E-state index is 5.27. The van der Waals surface area contributed by atoms with E-state index in [0.29, 0.717) is 6.04 Å². The first kappa shape index (κ1) is 10.6. The third-order valence-electron chi connectivity index (χ3n) is 3.11. The average Bonchev–Trinajstić information content (AvgIpc) is 2.73. The Morgan fingerprint density at radius 3 is 2.87 bits per heavy atom.